The molecular weight excluding hydrogens is 280 g/mol. The number of rotatable bonds is 4. The molecule has 1 saturated heterocycles. The summed E-state index contributed by atoms with van der Waals surface area (Å²) in [7, 11) is 0. The number of aliphatic carboxylic acids is 1. The summed E-state index contributed by atoms with van der Waals surface area (Å²) in [4.78, 5) is 13.1. The van der Waals surface area contributed by atoms with Crippen molar-refractivity contribution >= 4 is 22.4 Å². The van der Waals surface area contributed by atoms with Crippen molar-refractivity contribution in [2.75, 3.05) is 18.0 Å². The van der Waals surface area contributed by atoms with Crippen LogP contribution >= 0.6 is 11.3 Å². The highest BCUT2D eigenvalue weighted by Gasteiger charge is 2.37. The Bertz CT molecular complexity index is 598. The molecule has 106 valence electrons. The third kappa shape index (κ3) is 2.48. The third-order valence-electron chi connectivity index (χ3n) is 3.48. The van der Waals surface area contributed by atoms with Gasteiger partial charge in [-0.15, -0.1) is 10.2 Å². The van der Waals surface area contributed by atoms with Gasteiger partial charge >= 0.3 is 5.97 Å². The average Bonchev–Trinajstić information content (AvgIpc) is 3.07. The quantitative estimate of drug-likeness (QED) is 0.852. The van der Waals surface area contributed by atoms with Gasteiger partial charge in [-0.25, -0.2) is 0 Å². The van der Waals surface area contributed by atoms with Crippen molar-refractivity contribution in [2.24, 2.45) is 5.92 Å². The molecule has 3 heterocycles. The highest BCUT2D eigenvalue weighted by atomic mass is 32.1. The summed E-state index contributed by atoms with van der Waals surface area (Å²) in [6.45, 7) is 3.25. The first-order valence-electron chi connectivity index (χ1n) is 6.26. The van der Waals surface area contributed by atoms with Crippen LogP contribution in [0.2, 0.25) is 0 Å². The number of aromatic nitrogens is 5. The van der Waals surface area contributed by atoms with Crippen LogP contribution in [0.1, 0.15) is 23.0 Å². The number of carbonyl (C=O) groups is 1. The van der Waals surface area contributed by atoms with Gasteiger partial charge in [0, 0.05) is 19.0 Å². The summed E-state index contributed by atoms with van der Waals surface area (Å²) in [5.74, 6) is -0.741. The molecule has 2 aromatic heterocycles. The predicted octanol–water partition coefficient (Wildman–Crippen LogP) is 0.659. The van der Waals surface area contributed by atoms with Gasteiger partial charge in [0.2, 0.25) is 5.13 Å². The predicted molar refractivity (Wildman–Crippen MR) is 71.7 cm³/mol. The van der Waals surface area contributed by atoms with Crippen molar-refractivity contribution in [3.8, 4) is 0 Å². The largest absolute Gasteiger partial charge is 0.481 e. The van der Waals surface area contributed by atoms with Crippen LogP contribution in [-0.2, 0) is 4.79 Å². The first kappa shape index (κ1) is 13.0. The number of anilines is 1. The Morgan fingerprint density at radius 2 is 2.40 bits per heavy atom. The van der Waals surface area contributed by atoms with E-state index in [-0.39, 0.29) is 18.3 Å². The molecule has 0 radical (unpaired) electrons. The lowest BCUT2D eigenvalue weighted by molar-refractivity contribution is -0.138. The maximum atomic E-state index is 11.0. The Kier molecular flexibility index (Phi) is 3.35. The van der Waals surface area contributed by atoms with Gasteiger partial charge in [-0.2, -0.15) is 15.4 Å². The number of aryl methyl sites for hydroxylation is 1. The molecule has 2 atom stereocenters. The second-order valence-electron chi connectivity index (χ2n) is 4.87. The average molecular weight is 294 g/mol. The van der Waals surface area contributed by atoms with Crippen LogP contribution in [-0.4, -0.2) is 49.8 Å². The molecule has 3 rings (SSSR count). The van der Waals surface area contributed by atoms with Crippen LogP contribution in [0.5, 0.6) is 0 Å². The SMILES string of the molecule is Cc1nnc(N2C[C@@H](CC(=O)O)[C@@H](c3cn[nH]n3)C2)s1. The van der Waals surface area contributed by atoms with Crippen LogP contribution in [0.15, 0.2) is 6.20 Å². The second kappa shape index (κ2) is 5.16. The monoisotopic (exact) mass is 294 g/mol. The zero-order chi connectivity index (χ0) is 14.1. The van der Waals surface area contributed by atoms with Crippen molar-refractivity contribution in [2.45, 2.75) is 19.3 Å². The number of H-pyrrole nitrogens is 1. The molecule has 0 aliphatic carbocycles. The van der Waals surface area contributed by atoms with Gasteiger partial charge in [0.05, 0.1) is 18.3 Å². The molecule has 0 saturated carbocycles. The van der Waals surface area contributed by atoms with Crippen LogP contribution in [0, 0.1) is 12.8 Å². The minimum absolute atomic E-state index is 0.00167. The zero-order valence-electron chi connectivity index (χ0n) is 10.9. The van der Waals surface area contributed by atoms with E-state index >= 15 is 0 Å². The van der Waals surface area contributed by atoms with E-state index in [0.29, 0.717) is 13.1 Å². The maximum Gasteiger partial charge on any atom is 0.303 e. The van der Waals surface area contributed by atoms with Crippen molar-refractivity contribution in [1.82, 2.24) is 25.6 Å². The Labute approximate surface area is 118 Å². The highest BCUT2D eigenvalue weighted by molar-refractivity contribution is 7.15. The lowest BCUT2D eigenvalue weighted by Gasteiger charge is -2.12. The van der Waals surface area contributed by atoms with E-state index in [1.165, 1.54) is 11.3 Å². The molecule has 1 aliphatic heterocycles. The first-order valence-corrected chi connectivity index (χ1v) is 7.07. The van der Waals surface area contributed by atoms with Crippen LogP contribution < -0.4 is 4.90 Å². The lowest BCUT2D eigenvalue weighted by atomic mass is 9.91. The molecule has 0 spiro atoms. The molecule has 0 amide bonds. The summed E-state index contributed by atoms with van der Waals surface area (Å²) in [5, 5.41) is 29.4. The standard InChI is InChI=1S/C11H14N6O2S/c1-6-13-15-11(20-6)17-4-7(2-10(18)19)8(5-17)9-3-12-16-14-9/h3,7-8H,2,4-5H2,1H3,(H,18,19)(H,12,14,16)/t7-,8+/m1/s1. The topological polar surface area (TPSA) is 108 Å². The number of nitrogens with one attached hydrogen (secondary N) is 1. The summed E-state index contributed by atoms with van der Waals surface area (Å²) in [6.07, 6.45) is 1.78. The molecule has 0 aromatic carbocycles. The molecular formula is C11H14N6O2S. The Balaban J connectivity index is 1.82. The van der Waals surface area contributed by atoms with Crippen LogP contribution in [0.3, 0.4) is 0 Å². The van der Waals surface area contributed by atoms with Gasteiger partial charge in [0.25, 0.3) is 0 Å². The van der Waals surface area contributed by atoms with E-state index in [0.717, 1.165) is 15.8 Å². The molecule has 20 heavy (non-hydrogen) atoms. The smallest absolute Gasteiger partial charge is 0.303 e. The van der Waals surface area contributed by atoms with Gasteiger partial charge in [-0.3, -0.25) is 4.79 Å². The van der Waals surface area contributed by atoms with E-state index in [4.69, 9.17) is 5.11 Å². The van der Waals surface area contributed by atoms with E-state index in [9.17, 15) is 4.79 Å². The Morgan fingerprint density at radius 1 is 1.55 bits per heavy atom. The number of carboxylic acids is 1. The van der Waals surface area contributed by atoms with E-state index < -0.39 is 5.97 Å². The summed E-state index contributed by atoms with van der Waals surface area (Å²) in [5.41, 5.74) is 0.806. The van der Waals surface area contributed by atoms with Gasteiger partial charge in [0.15, 0.2) is 0 Å². The van der Waals surface area contributed by atoms with Gasteiger partial charge in [-0.05, 0) is 12.8 Å². The molecule has 9 heteroatoms. The normalized spacial score (nSPS) is 22.4. The number of carboxylic acid groups (broad SMARTS) is 1. The Hall–Kier alpha value is -2.03. The summed E-state index contributed by atoms with van der Waals surface area (Å²) >= 11 is 1.52. The highest BCUT2D eigenvalue weighted by Crippen LogP contribution is 2.36. The third-order valence-corrected chi connectivity index (χ3v) is 4.38. The molecule has 2 aromatic rings. The number of aromatic amines is 1. The Morgan fingerprint density at radius 3 is 3.00 bits per heavy atom. The number of hydrogen-bond acceptors (Lipinski definition) is 7. The minimum atomic E-state index is -0.793. The van der Waals surface area contributed by atoms with Gasteiger partial charge < -0.3 is 10.0 Å². The molecule has 0 bridgehead atoms. The second-order valence-corrected chi connectivity index (χ2v) is 6.03. The fourth-order valence-corrected chi connectivity index (χ4v) is 3.30. The van der Waals surface area contributed by atoms with Crippen molar-refractivity contribution in [3.05, 3.63) is 16.9 Å². The first-order chi connectivity index (χ1) is 9.63. The van der Waals surface area contributed by atoms with Gasteiger partial charge in [0.1, 0.15) is 5.01 Å². The fourth-order valence-electron chi connectivity index (χ4n) is 2.60. The number of nitrogens with zero attached hydrogens (tertiary/aromatic N) is 5. The van der Waals surface area contributed by atoms with E-state index in [1.54, 1.807) is 6.20 Å². The number of hydrogen-bond donors (Lipinski definition) is 2. The van der Waals surface area contributed by atoms with E-state index in [1.807, 2.05) is 6.92 Å². The zero-order valence-corrected chi connectivity index (χ0v) is 11.7. The molecule has 1 fully saturated rings. The van der Waals surface area contributed by atoms with Gasteiger partial charge in [-0.1, -0.05) is 11.3 Å². The summed E-state index contributed by atoms with van der Waals surface area (Å²) < 4.78 is 0. The molecule has 2 N–H and O–H groups in total. The van der Waals surface area contributed by atoms with Crippen LogP contribution in [0.25, 0.3) is 0 Å². The van der Waals surface area contributed by atoms with Crippen molar-refractivity contribution in [3.63, 3.8) is 0 Å². The lowest BCUT2D eigenvalue weighted by Crippen LogP contribution is -2.20. The van der Waals surface area contributed by atoms with Crippen molar-refractivity contribution < 1.29 is 9.90 Å². The summed E-state index contributed by atoms with van der Waals surface area (Å²) in [6, 6.07) is 0. The van der Waals surface area contributed by atoms with Crippen molar-refractivity contribution in [1.29, 1.82) is 0 Å². The van der Waals surface area contributed by atoms with Crippen LogP contribution in [0.4, 0.5) is 5.13 Å². The molecule has 1 aliphatic rings. The minimum Gasteiger partial charge on any atom is -0.481 e. The molecule has 8 nitrogen and oxygen atoms in total. The molecule has 0 unspecified atom stereocenters. The maximum absolute atomic E-state index is 11.0. The van der Waals surface area contributed by atoms with E-state index in [2.05, 4.69) is 30.5 Å². The fraction of sp³-hybridized carbons (Fsp3) is 0.545.